The highest BCUT2D eigenvalue weighted by Crippen LogP contribution is 2.46. The lowest BCUT2D eigenvalue weighted by molar-refractivity contribution is -0.0830. The number of halogens is 1. The van der Waals surface area contributed by atoms with Crippen LogP contribution in [0.25, 0.3) is 16.8 Å². The van der Waals surface area contributed by atoms with Crippen molar-refractivity contribution in [1.29, 1.82) is 0 Å². The van der Waals surface area contributed by atoms with Gasteiger partial charge in [-0.2, -0.15) is 10.0 Å². The molecule has 1 saturated heterocycles. The molecule has 34 heavy (non-hydrogen) atoms. The molecule has 2 amide bonds. The third kappa shape index (κ3) is 3.63. The van der Waals surface area contributed by atoms with Crippen molar-refractivity contribution < 1.29 is 14.0 Å². The Hall–Kier alpha value is -3.98. The van der Waals surface area contributed by atoms with Crippen LogP contribution in [0.15, 0.2) is 60.8 Å². The highest BCUT2D eigenvalue weighted by molar-refractivity contribution is 5.91. The normalized spacial score (nSPS) is 17.9. The van der Waals surface area contributed by atoms with Gasteiger partial charge in [-0.15, -0.1) is 5.10 Å². The number of hydrogen-bond acceptors (Lipinski definition) is 5. The molecule has 1 aliphatic carbocycles. The minimum absolute atomic E-state index is 0.147. The van der Waals surface area contributed by atoms with E-state index in [1.807, 2.05) is 36.4 Å². The second-order valence-electron chi connectivity index (χ2n) is 8.66. The van der Waals surface area contributed by atoms with Crippen LogP contribution in [0.1, 0.15) is 42.3 Å². The van der Waals surface area contributed by atoms with E-state index in [0.717, 1.165) is 24.0 Å². The number of pyridine rings is 1. The van der Waals surface area contributed by atoms with Gasteiger partial charge in [-0.1, -0.05) is 42.5 Å². The molecular weight excluding hydrogens is 435 g/mol. The summed E-state index contributed by atoms with van der Waals surface area (Å²) in [6, 6.07) is 16.1. The van der Waals surface area contributed by atoms with Gasteiger partial charge in [0.25, 0.3) is 0 Å². The fourth-order valence-corrected chi connectivity index (χ4v) is 4.54. The van der Waals surface area contributed by atoms with Crippen LogP contribution in [0.3, 0.4) is 0 Å². The summed E-state index contributed by atoms with van der Waals surface area (Å²) in [5, 5.41) is 8.26. The van der Waals surface area contributed by atoms with E-state index in [-0.39, 0.29) is 23.6 Å². The fraction of sp³-hybridized carbons (Fsp3) is 0.240. The lowest BCUT2D eigenvalue weighted by atomic mass is 10.00. The first-order valence-corrected chi connectivity index (χ1v) is 11.3. The van der Waals surface area contributed by atoms with Crippen molar-refractivity contribution in [2.24, 2.45) is 0 Å². The smallest absolute Gasteiger partial charge is 0.346 e. The third-order valence-corrected chi connectivity index (χ3v) is 6.37. The van der Waals surface area contributed by atoms with Crippen molar-refractivity contribution in [3.05, 3.63) is 77.7 Å². The number of urea groups is 1. The molecule has 1 aliphatic heterocycles. The van der Waals surface area contributed by atoms with E-state index in [4.69, 9.17) is 10.6 Å². The van der Waals surface area contributed by atoms with E-state index in [0.29, 0.717) is 29.8 Å². The van der Waals surface area contributed by atoms with Crippen LogP contribution in [-0.2, 0) is 4.84 Å². The summed E-state index contributed by atoms with van der Waals surface area (Å²) in [7, 11) is 0. The quantitative estimate of drug-likeness (QED) is 0.453. The molecular formula is C25H23FN6O2. The van der Waals surface area contributed by atoms with Crippen LogP contribution in [0.5, 0.6) is 0 Å². The first kappa shape index (κ1) is 20.6. The second-order valence-corrected chi connectivity index (χ2v) is 8.66. The predicted octanol–water partition coefficient (Wildman–Crippen LogP) is 4.91. The van der Waals surface area contributed by atoms with Crippen LogP contribution < -0.4 is 11.1 Å². The van der Waals surface area contributed by atoms with Gasteiger partial charge in [-0.3, -0.25) is 4.84 Å². The molecule has 1 unspecified atom stereocenters. The van der Waals surface area contributed by atoms with Gasteiger partial charge in [0.15, 0.2) is 11.5 Å². The summed E-state index contributed by atoms with van der Waals surface area (Å²) >= 11 is 0. The Balaban J connectivity index is 1.35. The topological polar surface area (TPSA) is 97.8 Å². The Bertz CT molecular complexity index is 1390. The summed E-state index contributed by atoms with van der Waals surface area (Å²) in [6.45, 7) is 0.423. The van der Waals surface area contributed by atoms with E-state index in [1.165, 1.54) is 9.58 Å². The fourth-order valence-electron chi connectivity index (χ4n) is 4.54. The number of benzene rings is 2. The third-order valence-electron chi connectivity index (χ3n) is 6.37. The van der Waals surface area contributed by atoms with Crippen molar-refractivity contribution in [3.63, 3.8) is 0 Å². The molecule has 3 heterocycles. The summed E-state index contributed by atoms with van der Waals surface area (Å²) in [5.74, 6) is -0.102. The molecule has 8 nitrogen and oxygen atoms in total. The predicted molar refractivity (Wildman–Crippen MR) is 125 cm³/mol. The molecule has 2 aliphatic rings. The summed E-state index contributed by atoms with van der Waals surface area (Å²) in [5.41, 5.74) is 9.20. The Kier molecular flexibility index (Phi) is 4.91. The first-order valence-electron chi connectivity index (χ1n) is 11.3. The summed E-state index contributed by atoms with van der Waals surface area (Å²) in [6.07, 6.45) is 4.29. The average Bonchev–Trinajstić information content (AvgIpc) is 3.43. The van der Waals surface area contributed by atoms with Gasteiger partial charge in [0.2, 0.25) is 5.95 Å². The molecule has 0 spiro atoms. The lowest BCUT2D eigenvalue weighted by Crippen LogP contribution is -2.34. The van der Waals surface area contributed by atoms with Gasteiger partial charge in [0.05, 0.1) is 18.3 Å². The van der Waals surface area contributed by atoms with Crippen LogP contribution >= 0.6 is 0 Å². The zero-order valence-corrected chi connectivity index (χ0v) is 18.3. The average molecular weight is 458 g/mol. The number of nitrogens with zero attached hydrogens (tertiary/aromatic N) is 4. The monoisotopic (exact) mass is 458 g/mol. The van der Waals surface area contributed by atoms with Gasteiger partial charge < -0.3 is 11.1 Å². The van der Waals surface area contributed by atoms with Gasteiger partial charge in [0, 0.05) is 23.7 Å². The zero-order valence-electron chi connectivity index (χ0n) is 18.3. The molecule has 3 N–H and O–H groups in total. The maximum atomic E-state index is 15.9. The highest BCUT2D eigenvalue weighted by atomic mass is 19.1. The molecule has 2 fully saturated rings. The maximum Gasteiger partial charge on any atom is 0.346 e. The minimum Gasteiger partial charge on any atom is -0.366 e. The van der Waals surface area contributed by atoms with Gasteiger partial charge in [-0.05, 0) is 42.0 Å². The molecule has 9 heteroatoms. The number of fused-ring (bicyclic) bond motifs is 1. The van der Waals surface area contributed by atoms with Crippen molar-refractivity contribution in [2.75, 3.05) is 17.7 Å². The number of nitrogens with one attached hydrogen (secondary N) is 1. The van der Waals surface area contributed by atoms with Crippen LogP contribution in [0.4, 0.5) is 20.8 Å². The largest absolute Gasteiger partial charge is 0.366 e. The molecule has 4 aromatic rings. The summed E-state index contributed by atoms with van der Waals surface area (Å²) < 4.78 is 17.4. The van der Waals surface area contributed by atoms with E-state index in [1.54, 1.807) is 24.4 Å². The second kappa shape index (κ2) is 8.11. The van der Waals surface area contributed by atoms with E-state index < -0.39 is 11.8 Å². The Morgan fingerprint density at radius 2 is 1.91 bits per heavy atom. The summed E-state index contributed by atoms with van der Waals surface area (Å²) in [4.78, 5) is 23.0. The number of amides is 2. The van der Waals surface area contributed by atoms with E-state index in [9.17, 15) is 4.79 Å². The standard InChI is InChI=1S/C25H23FN6O2/c26-22-18(17-8-11-21-28-24(27)30-31(21)14-17)9-10-19(15-6-7-15)23(22)29-25(33)32-20(12-13-34-32)16-4-2-1-3-5-16/h1-5,8-11,14-15,20H,6-7,12-13H2,(H2,27,30)(H,29,33). The van der Waals surface area contributed by atoms with Crippen molar-refractivity contribution in [3.8, 4) is 11.1 Å². The van der Waals surface area contributed by atoms with Crippen molar-refractivity contribution in [2.45, 2.75) is 31.2 Å². The number of hydroxylamine groups is 2. The number of hydrogen-bond donors (Lipinski definition) is 2. The van der Waals surface area contributed by atoms with Crippen LogP contribution in [-0.4, -0.2) is 32.3 Å². The maximum absolute atomic E-state index is 15.9. The molecule has 1 atom stereocenters. The van der Waals surface area contributed by atoms with Crippen molar-refractivity contribution in [1.82, 2.24) is 19.7 Å². The van der Waals surface area contributed by atoms with Gasteiger partial charge in [0.1, 0.15) is 0 Å². The number of rotatable bonds is 4. The van der Waals surface area contributed by atoms with Crippen LogP contribution in [0, 0.1) is 5.82 Å². The SMILES string of the molecule is Nc1nc2ccc(-c3ccc(C4CC4)c(NC(=O)N4OCCC4c4ccccc4)c3F)cn2n1. The highest BCUT2D eigenvalue weighted by Gasteiger charge is 2.34. The molecule has 6 rings (SSSR count). The first-order chi connectivity index (χ1) is 16.6. The molecule has 0 radical (unpaired) electrons. The van der Waals surface area contributed by atoms with Crippen LogP contribution in [0.2, 0.25) is 0 Å². The molecule has 172 valence electrons. The minimum atomic E-state index is -0.486. The zero-order chi connectivity index (χ0) is 23.2. The van der Waals surface area contributed by atoms with E-state index >= 15 is 4.39 Å². The Labute approximate surface area is 195 Å². The number of carbonyl (C=O) groups excluding carboxylic acids is 1. The number of nitrogen functional groups attached to an aromatic ring is 1. The molecule has 0 bridgehead atoms. The van der Waals surface area contributed by atoms with E-state index in [2.05, 4.69) is 15.4 Å². The Morgan fingerprint density at radius 3 is 2.71 bits per heavy atom. The van der Waals surface area contributed by atoms with Gasteiger partial charge >= 0.3 is 6.03 Å². The van der Waals surface area contributed by atoms with Gasteiger partial charge in [-0.25, -0.2) is 13.7 Å². The number of nitrogens with two attached hydrogens (primary N) is 1. The number of aromatic nitrogens is 3. The number of carbonyl (C=O) groups is 1. The molecule has 2 aromatic heterocycles. The molecule has 1 saturated carbocycles. The van der Waals surface area contributed by atoms with Crippen molar-refractivity contribution >= 4 is 23.3 Å². The Morgan fingerprint density at radius 1 is 1.09 bits per heavy atom. The lowest BCUT2D eigenvalue weighted by Gasteiger charge is -2.24. The number of anilines is 2. The molecule has 2 aromatic carbocycles.